The van der Waals surface area contributed by atoms with Gasteiger partial charge in [-0.1, -0.05) is 26.0 Å². The number of hydrogen-bond donors (Lipinski definition) is 5. The molecule has 3 aliphatic heterocycles. The van der Waals surface area contributed by atoms with Gasteiger partial charge in [-0.15, -0.1) is 0 Å². The number of carbonyl (C=O) groups excluding carboxylic acids is 4. The van der Waals surface area contributed by atoms with Gasteiger partial charge in [0.05, 0.1) is 16.7 Å². The predicted molar refractivity (Wildman–Crippen MR) is 232 cm³/mol. The van der Waals surface area contributed by atoms with Gasteiger partial charge in [-0.2, -0.15) is 13.2 Å². The zero-order chi connectivity index (χ0) is 45.9. The van der Waals surface area contributed by atoms with E-state index < -0.39 is 36.8 Å². The smallest absolute Gasteiger partial charge is 0.484 e. The predicted octanol–water partition coefficient (Wildman–Crippen LogP) is 7.74. The average molecular weight is 872 g/mol. The van der Waals surface area contributed by atoms with Crippen molar-refractivity contribution in [1.29, 1.82) is 0 Å². The number of fused-ring (bicyclic) bond motifs is 3. The fraction of sp³-hybridized carbons (Fsp3) is 0.311. The van der Waals surface area contributed by atoms with Crippen LogP contribution in [0, 0.1) is 27.7 Å². The van der Waals surface area contributed by atoms with E-state index in [9.17, 15) is 32.3 Å². The van der Waals surface area contributed by atoms with E-state index in [1.807, 2.05) is 39.8 Å². The number of amides is 4. The first-order valence-corrected chi connectivity index (χ1v) is 20.5. The summed E-state index contributed by atoms with van der Waals surface area (Å²) in [6.07, 6.45) is -2.39. The lowest BCUT2D eigenvalue weighted by Crippen LogP contribution is -2.51. The number of allylic oxidation sites excluding steroid dienone is 2. The van der Waals surface area contributed by atoms with Gasteiger partial charge in [0.15, 0.2) is 12.3 Å². The van der Waals surface area contributed by atoms with Crippen LogP contribution in [-0.4, -0.2) is 76.1 Å². The van der Waals surface area contributed by atoms with Gasteiger partial charge >= 0.3 is 19.1 Å². The molecule has 4 aromatic rings. The maximum atomic E-state index is 16.6. The standard InChI is InChI=1S/C45H47BF5N7O5/c1-9-31-22(3)40-39(41-23(4)32(10-2)27(8)58(41)46(50,51)57(40)26(31)7)28-11-14-30(15-12-28)63-21-37(59)52-17-18-53-43(61)38-24(5)36(54-25(38)6)20-34-33-19-29(55-44(62)45(47,48)49)13-16-35(33)56-42(34)60/h11-16,19-20,54H,9-10,17-18,21H2,1-8H3,(H,52,59)(H,53,61)(H,55,62)(H,56,60)/b34-20-. The van der Waals surface area contributed by atoms with Crippen molar-refractivity contribution >= 4 is 64.9 Å². The number of aryl methyl sites for hydroxylation is 1. The first kappa shape index (κ1) is 44.3. The Hall–Kier alpha value is -6.72. The molecule has 0 atom stereocenters. The number of aromatic nitrogens is 2. The van der Waals surface area contributed by atoms with Crippen molar-refractivity contribution in [2.75, 3.05) is 30.3 Å². The minimum atomic E-state index is -5.10. The van der Waals surface area contributed by atoms with Gasteiger partial charge in [0.25, 0.3) is 17.7 Å². The number of ether oxygens (including phenoxy) is 1. The maximum Gasteiger partial charge on any atom is 0.737 e. The minimum absolute atomic E-state index is 0.0711. The molecule has 5 N–H and O–H groups in total. The molecule has 2 aromatic carbocycles. The SMILES string of the molecule is CCC1=C(C)C2=C(c3ccc(OCC(=O)NCCNC(=O)c4c(C)[nH]c(/C=C5\C(=O)Nc6ccc(NC(=O)C(F)(F)F)cc65)c4C)cc3)c3c(C)c(CC)c(C)n3[B-](F)(F)[N+]2=C1C. The molecule has 3 aliphatic rings. The van der Waals surface area contributed by atoms with Crippen LogP contribution in [-0.2, 0) is 20.8 Å². The minimum Gasteiger partial charge on any atom is -0.484 e. The fourth-order valence-electron chi connectivity index (χ4n) is 9.15. The largest absolute Gasteiger partial charge is 0.737 e. The molecule has 18 heteroatoms. The van der Waals surface area contributed by atoms with Crippen LogP contribution in [0.3, 0.4) is 0 Å². The third kappa shape index (κ3) is 7.75. The molecule has 330 valence electrons. The Balaban J connectivity index is 0.977. The highest BCUT2D eigenvalue weighted by atomic mass is 19.4. The summed E-state index contributed by atoms with van der Waals surface area (Å²) in [5.41, 5.74) is 9.30. The Kier molecular flexibility index (Phi) is 11.6. The van der Waals surface area contributed by atoms with E-state index in [-0.39, 0.29) is 36.5 Å². The van der Waals surface area contributed by atoms with Gasteiger partial charge in [0, 0.05) is 65.2 Å². The van der Waals surface area contributed by atoms with Gasteiger partial charge in [-0.25, -0.2) is 0 Å². The monoisotopic (exact) mass is 871 g/mol. The summed E-state index contributed by atoms with van der Waals surface area (Å²) in [7, 11) is 0. The van der Waals surface area contributed by atoms with Gasteiger partial charge in [-0.3, -0.25) is 19.2 Å². The zero-order valence-electron chi connectivity index (χ0n) is 36.1. The van der Waals surface area contributed by atoms with Crippen LogP contribution in [0.4, 0.5) is 33.2 Å². The molecule has 4 amide bonds. The summed E-state index contributed by atoms with van der Waals surface area (Å²) in [6, 6.07) is 10.9. The molecule has 0 saturated carbocycles. The third-order valence-electron chi connectivity index (χ3n) is 12.1. The first-order valence-electron chi connectivity index (χ1n) is 20.5. The Morgan fingerprint density at radius 3 is 2.25 bits per heavy atom. The van der Waals surface area contributed by atoms with E-state index in [1.54, 1.807) is 45.1 Å². The van der Waals surface area contributed by atoms with Crippen molar-refractivity contribution in [3.05, 3.63) is 115 Å². The van der Waals surface area contributed by atoms with Crippen LogP contribution in [0.5, 0.6) is 5.75 Å². The summed E-state index contributed by atoms with van der Waals surface area (Å²) in [5.74, 6) is -3.16. The number of anilines is 2. The van der Waals surface area contributed by atoms with Gasteiger partial charge < -0.3 is 48.6 Å². The number of nitrogens with zero attached hydrogens (tertiary/aromatic N) is 2. The van der Waals surface area contributed by atoms with E-state index in [0.717, 1.165) is 33.4 Å². The van der Waals surface area contributed by atoms with Crippen LogP contribution in [0.15, 0.2) is 59.3 Å². The number of nitrogens with one attached hydrogen (secondary N) is 5. The number of rotatable bonds is 12. The quantitative estimate of drug-likeness (QED) is 0.0428. The number of benzene rings is 2. The van der Waals surface area contributed by atoms with E-state index in [2.05, 4.69) is 20.9 Å². The molecule has 63 heavy (non-hydrogen) atoms. The van der Waals surface area contributed by atoms with E-state index >= 15 is 8.63 Å². The van der Waals surface area contributed by atoms with Gasteiger partial charge in [0.1, 0.15) is 11.5 Å². The molecule has 0 unspecified atom stereocenters. The van der Waals surface area contributed by atoms with Crippen LogP contribution in [0.1, 0.15) is 95.1 Å². The van der Waals surface area contributed by atoms with Crippen molar-refractivity contribution in [1.82, 2.24) is 20.1 Å². The highest BCUT2D eigenvalue weighted by Crippen LogP contribution is 2.47. The van der Waals surface area contributed by atoms with Gasteiger partial charge in [-0.05, 0) is 112 Å². The van der Waals surface area contributed by atoms with E-state index in [4.69, 9.17) is 4.74 Å². The second-order valence-electron chi connectivity index (χ2n) is 15.8. The normalized spacial score (nSPS) is 16.0. The Morgan fingerprint density at radius 1 is 0.921 bits per heavy atom. The lowest BCUT2D eigenvalue weighted by molar-refractivity contribution is -0.363. The topological polar surface area (TPSA) is 149 Å². The Morgan fingerprint density at radius 2 is 1.60 bits per heavy atom. The maximum absolute atomic E-state index is 16.6. The zero-order valence-corrected chi connectivity index (χ0v) is 36.1. The molecular weight excluding hydrogens is 824 g/mol. The van der Waals surface area contributed by atoms with Crippen LogP contribution in [0.2, 0.25) is 0 Å². The number of aromatic amines is 1. The summed E-state index contributed by atoms with van der Waals surface area (Å²) >= 11 is 0. The molecule has 5 heterocycles. The number of hydrogen-bond acceptors (Lipinski definition) is 5. The molecule has 7 rings (SSSR count). The molecule has 0 radical (unpaired) electrons. The second kappa shape index (κ2) is 16.5. The van der Waals surface area contributed by atoms with Crippen molar-refractivity contribution < 1.29 is 50.2 Å². The summed E-state index contributed by atoms with van der Waals surface area (Å²) in [6.45, 7) is 10.3. The molecule has 0 bridgehead atoms. The van der Waals surface area contributed by atoms with Crippen LogP contribution >= 0.6 is 0 Å². The number of H-pyrrole nitrogens is 1. The number of alkyl halides is 3. The molecule has 0 spiro atoms. The van der Waals surface area contributed by atoms with E-state index in [1.165, 1.54) is 33.2 Å². The van der Waals surface area contributed by atoms with Crippen molar-refractivity contribution in [2.45, 2.75) is 74.4 Å². The summed E-state index contributed by atoms with van der Waals surface area (Å²) < 4.78 is 79.9. The third-order valence-corrected chi connectivity index (χ3v) is 12.1. The fourth-order valence-corrected chi connectivity index (χ4v) is 9.15. The highest BCUT2D eigenvalue weighted by Gasteiger charge is 2.56. The molecule has 0 fully saturated rings. The van der Waals surface area contributed by atoms with Crippen LogP contribution in [0.25, 0.3) is 17.2 Å². The summed E-state index contributed by atoms with van der Waals surface area (Å²) in [4.78, 5) is 53.4. The molecular formula is C45H47BF5N7O5. The number of carbonyl (C=O) groups is 4. The molecule has 0 saturated heterocycles. The average Bonchev–Trinajstić information content (AvgIpc) is 3.87. The lowest BCUT2D eigenvalue weighted by atomic mass is 9.83. The highest BCUT2D eigenvalue weighted by molar-refractivity contribution is 6.58. The van der Waals surface area contributed by atoms with Crippen LogP contribution < -0.4 is 26.0 Å². The Bertz CT molecular complexity index is 2760. The van der Waals surface area contributed by atoms with Gasteiger partial charge in [0.2, 0.25) is 0 Å². The van der Waals surface area contributed by atoms with Crippen molar-refractivity contribution in [2.24, 2.45) is 0 Å². The van der Waals surface area contributed by atoms with E-state index in [0.29, 0.717) is 69.6 Å². The number of halogens is 5. The second-order valence-corrected chi connectivity index (χ2v) is 15.8. The van der Waals surface area contributed by atoms with Crippen molar-refractivity contribution in [3.63, 3.8) is 0 Å². The lowest BCUT2D eigenvalue weighted by Gasteiger charge is -2.34. The molecule has 2 aromatic heterocycles. The van der Waals surface area contributed by atoms with Crippen molar-refractivity contribution in [3.8, 4) is 5.75 Å². The Labute approximate surface area is 360 Å². The first-order chi connectivity index (χ1) is 29.7. The molecule has 0 aliphatic carbocycles. The summed E-state index contributed by atoms with van der Waals surface area (Å²) in [5, 5.41) is 9.88. The molecule has 12 nitrogen and oxygen atoms in total.